The molecule has 1 aromatic heterocycles. The number of hydrogen-bond donors (Lipinski definition) is 0. The summed E-state index contributed by atoms with van der Waals surface area (Å²) in [6, 6.07) is 0.177. The minimum absolute atomic E-state index is 0.0602. The second-order valence-corrected chi connectivity index (χ2v) is 7.66. The Labute approximate surface area is 145 Å². The highest BCUT2D eigenvalue weighted by molar-refractivity contribution is 7.03. The van der Waals surface area contributed by atoms with E-state index in [1.807, 2.05) is 9.80 Å². The molecule has 0 atom stereocenters. The van der Waals surface area contributed by atoms with Gasteiger partial charge in [-0.15, -0.1) is 5.10 Å². The van der Waals surface area contributed by atoms with Gasteiger partial charge in [0.1, 0.15) is 5.60 Å². The van der Waals surface area contributed by atoms with E-state index < -0.39 is 0 Å². The van der Waals surface area contributed by atoms with Crippen LogP contribution in [0.3, 0.4) is 0 Å². The largest absolute Gasteiger partial charge is 0.441 e. The summed E-state index contributed by atoms with van der Waals surface area (Å²) >= 11 is 1.19. The first-order valence-electron chi connectivity index (χ1n) is 8.73. The van der Waals surface area contributed by atoms with Gasteiger partial charge < -0.3 is 14.5 Å². The minimum Gasteiger partial charge on any atom is -0.441 e. The van der Waals surface area contributed by atoms with Crippen LogP contribution in [0.4, 0.5) is 4.79 Å². The van der Waals surface area contributed by atoms with Crippen molar-refractivity contribution in [2.45, 2.75) is 56.6 Å². The zero-order valence-corrected chi connectivity index (χ0v) is 14.5. The first-order valence-corrected chi connectivity index (χ1v) is 9.56. The number of ether oxygens (including phenoxy) is 1. The summed E-state index contributed by atoms with van der Waals surface area (Å²) in [5, 5.41) is 5.53. The maximum atomic E-state index is 12.4. The fourth-order valence-electron chi connectivity index (χ4n) is 4.19. The highest BCUT2D eigenvalue weighted by atomic mass is 32.1. The Bertz CT molecular complexity index is 607. The molecule has 3 aliphatic rings. The van der Waals surface area contributed by atoms with E-state index in [1.165, 1.54) is 18.0 Å². The van der Waals surface area contributed by atoms with Crippen molar-refractivity contribution in [3.05, 3.63) is 11.1 Å². The quantitative estimate of drug-likeness (QED) is 0.818. The number of hydrogen-bond acceptors (Lipinski definition) is 6. The molecule has 2 saturated heterocycles. The zero-order chi connectivity index (χ0) is 16.6. The van der Waals surface area contributed by atoms with Crippen LogP contribution in [-0.2, 0) is 4.74 Å². The molecule has 1 spiro atoms. The standard InChI is InChI=1S/C16H22N4O3S/c21-14(13-10-24-18-17-13)19-8-4-12(5-9-19)20-11-16(23-15(20)22)6-2-1-3-7-16/h10,12H,1-9,11H2. The Balaban J connectivity index is 1.36. The van der Waals surface area contributed by atoms with Gasteiger partial charge in [-0.25, -0.2) is 4.79 Å². The molecule has 7 nitrogen and oxygen atoms in total. The van der Waals surface area contributed by atoms with E-state index in [1.54, 1.807) is 5.38 Å². The molecule has 0 aromatic carbocycles. The van der Waals surface area contributed by atoms with Gasteiger partial charge in [-0.1, -0.05) is 10.9 Å². The number of rotatable bonds is 2. The van der Waals surface area contributed by atoms with E-state index in [2.05, 4.69) is 9.59 Å². The van der Waals surface area contributed by atoms with E-state index >= 15 is 0 Å². The van der Waals surface area contributed by atoms with Crippen LogP contribution in [0.25, 0.3) is 0 Å². The maximum Gasteiger partial charge on any atom is 0.410 e. The van der Waals surface area contributed by atoms with Gasteiger partial charge in [-0.3, -0.25) is 4.79 Å². The molecule has 24 heavy (non-hydrogen) atoms. The third kappa shape index (κ3) is 2.87. The van der Waals surface area contributed by atoms with Gasteiger partial charge in [0.05, 0.1) is 6.54 Å². The highest BCUT2D eigenvalue weighted by Gasteiger charge is 2.48. The Hall–Kier alpha value is -1.70. The number of piperidine rings is 1. The average molecular weight is 350 g/mol. The van der Waals surface area contributed by atoms with E-state index in [0.29, 0.717) is 18.8 Å². The lowest BCUT2D eigenvalue weighted by Gasteiger charge is -2.36. The molecular formula is C16H22N4O3S. The fourth-order valence-corrected chi connectivity index (χ4v) is 4.62. The summed E-state index contributed by atoms with van der Waals surface area (Å²) in [5.74, 6) is -0.0602. The van der Waals surface area contributed by atoms with Gasteiger partial charge in [0.2, 0.25) is 0 Å². The van der Waals surface area contributed by atoms with Crippen LogP contribution in [-0.4, -0.2) is 62.7 Å². The van der Waals surface area contributed by atoms with E-state index in [0.717, 1.165) is 45.1 Å². The number of carbonyl (C=O) groups is 2. The molecule has 0 radical (unpaired) electrons. The minimum atomic E-state index is -0.242. The van der Waals surface area contributed by atoms with Crippen LogP contribution in [0.2, 0.25) is 0 Å². The summed E-state index contributed by atoms with van der Waals surface area (Å²) in [7, 11) is 0. The van der Waals surface area contributed by atoms with Crippen molar-refractivity contribution in [2.24, 2.45) is 0 Å². The molecule has 0 unspecified atom stereocenters. The van der Waals surface area contributed by atoms with Crippen molar-refractivity contribution in [1.82, 2.24) is 19.4 Å². The molecule has 0 bridgehead atoms. The smallest absolute Gasteiger partial charge is 0.410 e. The van der Waals surface area contributed by atoms with Crippen LogP contribution in [0.1, 0.15) is 55.4 Å². The molecule has 3 fully saturated rings. The lowest BCUT2D eigenvalue weighted by Crippen LogP contribution is -2.48. The Morgan fingerprint density at radius 1 is 1.25 bits per heavy atom. The van der Waals surface area contributed by atoms with Crippen molar-refractivity contribution in [2.75, 3.05) is 19.6 Å². The van der Waals surface area contributed by atoms with Gasteiger partial charge in [-0.2, -0.15) is 0 Å². The molecular weight excluding hydrogens is 328 g/mol. The van der Waals surface area contributed by atoms with Crippen LogP contribution in [0, 0.1) is 0 Å². The highest BCUT2D eigenvalue weighted by Crippen LogP contribution is 2.38. The number of likely N-dealkylation sites (tertiary alicyclic amines) is 1. The van der Waals surface area contributed by atoms with Gasteiger partial charge in [0.15, 0.2) is 5.69 Å². The number of nitrogens with zero attached hydrogens (tertiary/aromatic N) is 4. The summed E-state index contributed by atoms with van der Waals surface area (Å²) in [6.07, 6.45) is 6.96. The fraction of sp³-hybridized carbons (Fsp3) is 0.750. The van der Waals surface area contributed by atoms with Gasteiger partial charge in [0, 0.05) is 24.5 Å². The lowest BCUT2D eigenvalue weighted by atomic mass is 9.84. The Kier molecular flexibility index (Phi) is 4.15. The average Bonchev–Trinajstić information content (AvgIpc) is 3.24. The number of carbonyl (C=O) groups excluding carboxylic acids is 2. The van der Waals surface area contributed by atoms with Gasteiger partial charge >= 0.3 is 6.09 Å². The number of amides is 2. The molecule has 2 amide bonds. The lowest BCUT2D eigenvalue weighted by molar-refractivity contribution is 0.0259. The molecule has 2 aliphatic heterocycles. The Morgan fingerprint density at radius 2 is 2.00 bits per heavy atom. The molecule has 1 aliphatic carbocycles. The molecule has 3 heterocycles. The summed E-state index contributed by atoms with van der Waals surface area (Å²) in [4.78, 5) is 28.4. The van der Waals surface area contributed by atoms with Crippen LogP contribution in [0.5, 0.6) is 0 Å². The summed E-state index contributed by atoms with van der Waals surface area (Å²) < 4.78 is 9.53. The van der Waals surface area contributed by atoms with Crippen LogP contribution < -0.4 is 0 Å². The second-order valence-electron chi connectivity index (χ2n) is 7.05. The maximum absolute atomic E-state index is 12.4. The predicted octanol–water partition coefficient (Wildman–Crippen LogP) is 2.30. The van der Waals surface area contributed by atoms with Crippen LogP contribution in [0.15, 0.2) is 5.38 Å². The number of aromatic nitrogens is 2. The summed E-state index contributed by atoms with van der Waals surface area (Å²) in [5.41, 5.74) is 0.175. The third-order valence-corrected chi connectivity index (χ3v) is 6.04. The Morgan fingerprint density at radius 3 is 2.67 bits per heavy atom. The van der Waals surface area contributed by atoms with Crippen molar-refractivity contribution in [3.63, 3.8) is 0 Å². The topological polar surface area (TPSA) is 75.6 Å². The SMILES string of the molecule is O=C(c1csnn1)N1CCC(N2CC3(CCCCC3)OC2=O)CC1. The van der Waals surface area contributed by atoms with Gasteiger partial charge in [-0.05, 0) is 50.1 Å². The van der Waals surface area contributed by atoms with E-state index in [9.17, 15) is 9.59 Å². The molecule has 1 saturated carbocycles. The molecule has 0 N–H and O–H groups in total. The van der Waals surface area contributed by atoms with Crippen molar-refractivity contribution in [1.29, 1.82) is 0 Å². The first kappa shape index (κ1) is 15.8. The first-order chi connectivity index (χ1) is 11.7. The van der Waals surface area contributed by atoms with Crippen molar-refractivity contribution < 1.29 is 14.3 Å². The zero-order valence-electron chi connectivity index (χ0n) is 13.6. The van der Waals surface area contributed by atoms with Crippen molar-refractivity contribution in [3.8, 4) is 0 Å². The van der Waals surface area contributed by atoms with E-state index in [-0.39, 0.29) is 23.6 Å². The monoisotopic (exact) mass is 350 g/mol. The molecule has 1 aromatic rings. The molecule has 8 heteroatoms. The van der Waals surface area contributed by atoms with Gasteiger partial charge in [0.25, 0.3) is 5.91 Å². The molecule has 130 valence electrons. The summed E-state index contributed by atoms with van der Waals surface area (Å²) in [6.45, 7) is 2.02. The van der Waals surface area contributed by atoms with Crippen LogP contribution >= 0.6 is 11.5 Å². The van der Waals surface area contributed by atoms with E-state index in [4.69, 9.17) is 4.74 Å². The second kappa shape index (κ2) is 6.31. The predicted molar refractivity (Wildman–Crippen MR) is 87.8 cm³/mol. The third-order valence-electron chi connectivity index (χ3n) is 5.53. The normalized spacial score (nSPS) is 24.4. The van der Waals surface area contributed by atoms with Crippen molar-refractivity contribution >= 4 is 23.5 Å². The molecule has 4 rings (SSSR count).